The Morgan fingerprint density at radius 2 is 1.33 bits per heavy atom. The lowest BCUT2D eigenvalue weighted by molar-refractivity contribution is -0.139. The minimum absolute atomic E-state index is 0.0421. The molecule has 48 heavy (non-hydrogen) atoms. The van der Waals surface area contributed by atoms with Gasteiger partial charge in [-0.25, -0.2) is 9.59 Å². The van der Waals surface area contributed by atoms with Crippen molar-refractivity contribution in [2.75, 3.05) is 25.7 Å². The van der Waals surface area contributed by atoms with Gasteiger partial charge in [0.15, 0.2) is 17.0 Å². The number of benzene rings is 2. The van der Waals surface area contributed by atoms with Gasteiger partial charge in [-0.2, -0.15) is 31.6 Å². The van der Waals surface area contributed by atoms with E-state index in [1.807, 2.05) is 6.07 Å². The number of hydrogen-bond acceptors (Lipinski definition) is 9. The molecule has 2 aromatic carbocycles. The number of ketones is 1. The number of esters is 2. The molecule has 0 bridgehead atoms. The fourth-order valence-electron chi connectivity index (χ4n) is 4.91. The first-order valence-corrected chi connectivity index (χ1v) is 14.3. The van der Waals surface area contributed by atoms with Crippen molar-refractivity contribution < 1.29 is 64.5 Å². The molecule has 4 rings (SSSR count). The van der Waals surface area contributed by atoms with Gasteiger partial charge in [0.05, 0.1) is 48.2 Å². The van der Waals surface area contributed by atoms with Crippen LogP contribution in [0.5, 0.6) is 11.5 Å². The number of amides is 1. The molecule has 0 saturated carbocycles. The summed E-state index contributed by atoms with van der Waals surface area (Å²) in [5.41, 5.74) is -5.89. The molecule has 1 amide bonds. The van der Waals surface area contributed by atoms with E-state index < -0.39 is 63.7 Å². The van der Waals surface area contributed by atoms with Gasteiger partial charge in [0.25, 0.3) is 5.91 Å². The van der Waals surface area contributed by atoms with E-state index >= 15 is 0 Å². The summed E-state index contributed by atoms with van der Waals surface area (Å²) in [6.45, 7) is 6.08. The van der Waals surface area contributed by atoms with Gasteiger partial charge in [-0.1, -0.05) is 0 Å². The highest BCUT2D eigenvalue weighted by Gasteiger charge is 2.45. The van der Waals surface area contributed by atoms with Crippen LogP contribution in [0.15, 0.2) is 24.3 Å². The average Bonchev–Trinajstić information content (AvgIpc) is 2.98. The van der Waals surface area contributed by atoms with Crippen LogP contribution in [-0.2, 0) is 37.8 Å². The third-order valence-corrected chi connectivity index (χ3v) is 7.45. The van der Waals surface area contributed by atoms with Crippen LogP contribution in [0.1, 0.15) is 84.4 Å². The van der Waals surface area contributed by atoms with E-state index in [9.17, 15) is 45.5 Å². The average molecular weight is 687 g/mol. The van der Waals surface area contributed by atoms with Crippen LogP contribution in [-0.4, -0.2) is 55.6 Å². The topological polar surface area (TPSA) is 132 Å². The molecule has 2 aliphatic rings. The van der Waals surface area contributed by atoms with Crippen LogP contribution in [0.2, 0.25) is 0 Å². The zero-order valence-corrected chi connectivity index (χ0v) is 26.8. The van der Waals surface area contributed by atoms with Gasteiger partial charge in [-0.3, -0.25) is 9.59 Å². The molecule has 0 radical (unpaired) electrons. The number of halogens is 6. The molecule has 10 nitrogen and oxygen atoms in total. The number of alkyl halides is 6. The zero-order valence-electron chi connectivity index (χ0n) is 26.8. The Hall–Kier alpha value is -4.81. The third-order valence-electron chi connectivity index (χ3n) is 7.45. The molecule has 0 unspecified atom stereocenters. The largest absolute Gasteiger partial charge is 0.480 e. The summed E-state index contributed by atoms with van der Waals surface area (Å²) in [5.74, 6) is -3.17. The maximum absolute atomic E-state index is 13.4. The summed E-state index contributed by atoms with van der Waals surface area (Å²) in [7, 11) is 1.97. The molecule has 2 aromatic rings. The van der Waals surface area contributed by atoms with E-state index in [2.05, 4.69) is 9.47 Å². The Balaban J connectivity index is 0.000000269. The first kappa shape index (κ1) is 37.6. The van der Waals surface area contributed by atoms with Crippen LogP contribution in [0.3, 0.4) is 0 Å². The predicted octanol–water partition coefficient (Wildman–Crippen LogP) is 6.46. The summed E-state index contributed by atoms with van der Waals surface area (Å²) in [6.07, 6.45) is -8.32. The molecule has 0 fully saturated rings. The van der Waals surface area contributed by atoms with Gasteiger partial charge in [-0.05, 0) is 64.8 Å². The maximum atomic E-state index is 13.4. The van der Waals surface area contributed by atoms with Crippen LogP contribution < -0.4 is 14.4 Å². The fourth-order valence-corrected chi connectivity index (χ4v) is 4.91. The summed E-state index contributed by atoms with van der Waals surface area (Å²) in [6, 6.07) is 5.44. The van der Waals surface area contributed by atoms with E-state index in [1.165, 1.54) is 32.6 Å². The standard InChI is InChI=1S/C18H19F3N2O4.C14H13F3O4/c1-17(2)16(25)23(8-6-4-5-7-22)13-9-11(15(24)26-3)12(18(19,20)21)10-14(13)27-17;1-13(2)11(18)5-7-4-8(12(19)20-3)9(14(15,16)17)6-10(7)21-13/h9-10H,4-6,8H2,1-3H3;4,6H,5H2,1-3H3. The molecule has 0 N–H and O–H groups in total. The molecule has 2 heterocycles. The number of methoxy groups -OCH3 is 2. The van der Waals surface area contributed by atoms with Crippen molar-refractivity contribution in [3.05, 3.63) is 52.1 Å². The molecular formula is C32H32F6N2O8. The first-order chi connectivity index (χ1) is 22.1. The van der Waals surface area contributed by atoms with E-state index in [0.717, 1.165) is 38.5 Å². The SMILES string of the molecule is COC(=O)c1cc2c(cc1C(F)(F)F)OC(C)(C)C(=O)C2.COC(=O)c1cc2c(cc1C(F)(F)F)OC(C)(C)C(=O)N2CCCCC#N. The van der Waals surface area contributed by atoms with E-state index in [4.69, 9.17) is 14.7 Å². The Morgan fingerprint density at radius 1 is 0.833 bits per heavy atom. The second-order valence-corrected chi connectivity index (χ2v) is 11.7. The Kier molecular flexibility index (Phi) is 10.8. The number of Topliss-reactive ketones (excluding diaryl/α,β-unsaturated/α-hetero) is 1. The molecule has 0 aliphatic carbocycles. The normalized spacial score (nSPS) is 16.2. The number of anilines is 1. The number of carbonyl (C=O) groups excluding carboxylic acids is 4. The number of fused-ring (bicyclic) bond motifs is 2. The smallest absolute Gasteiger partial charge is 0.417 e. The molecule has 2 aliphatic heterocycles. The quantitative estimate of drug-likeness (QED) is 0.191. The second-order valence-electron chi connectivity index (χ2n) is 11.7. The van der Waals surface area contributed by atoms with E-state index in [1.54, 1.807) is 0 Å². The van der Waals surface area contributed by atoms with Gasteiger partial charge in [0, 0.05) is 24.9 Å². The third kappa shape index (κ3) is 8.00. The molecule has 0 aromatic heterocycles. The number of hydrogen-bond donors (Lipinski definition) is 0. The molecule has 16 heteroatoms. The number of unbranched alkanes of at least 4 members (excludes halogenated alkanes) is 2. The summed E-state index contributed by atoms with van der Waals surface area (Å²) < 4.78 is 99.0. The highest BCUT2D eigenvalue weighted by atomic mass is 19.4. The molecule has 0 spiro atoms. The lowest BCUT2D eigenvalue weighted by Crippen LogP contribution is -2.53. The molecular weight excluding hydrogens is 654 g/mol. The van der Waals surface area contributed by atoms with Crippen molar-refractivity contribution in [2.24, 2.45) is 0 Å². The highest BCUT2D eigenvalue weighted by molar-refractivity contribution is 6.04. The number of nitriles is 1. The summed E-state index contributed by atoms with van der Waals surface area (Å²) >= 11 is 0. The Morgan fingerprint density at radius 3 is 1.83 bits per heavy atom. The Labute approximate surface area is 271 Å². The van der Waals surface area contributed by atoms with Crippen LogP contribution in [0, 0.1) is 11.3 Å². The number of carbonyl (C=O) groups is 4. The van der Waals surface area contributed by atoms with Gasteiger partial charge in [0.2, 0.25) is 0 Å². The van der Waals surface area contributed by atoms with Gasteiger partial charge in [0.1, 0.15) is 11.5 Å². The summed E-state index contributed by atoms with van der Waals surface area (Å²) in [4.78, 5) is 49.3. The molecule has 0 saturated heterocycles. The van der Waals surface area contributed by atoms with Crippen molar-refractivity contribution in [1.82, 2.24) is 0 Å². The van der Waals surface area contributed by atoms with E-state index in [-0.39, 0.29) is 41.5 Å². The van der Waals surface area contributed by atoms with Crippen molar-refractivity contribution in [3.63, 3.8) is 0 Å². The number of nitrogens with zero attached hydrogens (tertiary/aromatic N) is 2. The summed E-state index contributed by atoms with van der Waals surface area (Å²) in [5, 5.41) is 8.62. The van der Waals surface area contributed by atoms with Crippen molar-refractivity contribution >= 4 is 29.3 Å². The monoisotopic (exact) mass is 686 g/mol. The van der Waals surface area contributed by atoms with E-state index in [0.29, 0.717) is 19.3 Å². The fraction of sp³-hybridized carbons (Fsp3) is 0.469. The minimum Gasteiger partial charge on any atom is -0.480 e. The highest BCUT2D eigenvalue weighted by Crippen LogP contribution is 2.44. The Bertz CT molecular complexity index is 1660. The molecule has 0 atom stereocenters. The molecule has 260 valence electrons. The van der Waals surface area contributed by atoms with Crippen molar-refractivity contribution in [1.29, 1.82) is 5.26 Å². The van der Waals surface area contributed by atoms with Gasteiger partial charge < -0.3 is 23.8 Å². The lowest BCUT2D eigenvalue weighted by atomic mass is 9.90. The number of ether oxygens (including phenoxy) is 4. The number of rotatable bonds is 6. The van der Waals surface area contributed by atoms with Crippen molar-refractivity contribution in [2.45, 2.75) is 76.9 Å². The van der Waals surface area contributed by atoms with Gasteiger partial charge >= 0.3 is 24.3 Å². The minimum atomic E-state index is -4.80. The van der Waals surface area contributed by atoms with Crippen LogP contribution in [0.4, 0.5) is 32.0 Å². The predicted molar refractivity (Wildman–Crippen MR) is 156 cm³/mol. The second kappa shape index (κ2) is 13.7. The lowest BCUT2D eigenvalue weighted by Gasteiger charge is -2.39. The van der Waals surface area contributed by atoms with Crippen LogP contribution in [0.25, 0.3) is 0 Å². The van der Waals surface area contributed by atoms with Gasteiger partial charge in [-0.15, -0.1) is 0 Å². The van der Waals surface area contributed by atoms with Crippen LogP contribution >= 0.6 is 0 Å². The van der Waals surface area contributed by atoms with Crippen molar-refractivity contribution in [3.8, 4) is 17.6 Å². The first-order valence-electron chi connectivity index (χ1n) is 14.3. The zero-order chi connectivity index (χ0) is 36.4. The maximum Gasteiger partial charge on any atom is 0.417 e.